The molecular formula is C76H129NO8. The van der Waals surface area contributed by atoms with Crippen molar-refractivity contribution in [3.05, 3.63) is 134 Å². The van der Waals surface area contributed by atoms with Crippen LogP contribution < -0.4 is 5.32 Å². The summed E-state index contributed by atoms with van der Waals surface area (Å²) in [5.41, 5.74) is 0. The van der Waals surface area contributed by atoms with E-state index in [1.807, 2.05) is 6.08 Å². The molecule has 0 spiro atoms. The van der Waals surface area contributed by atoms with Crippen LogP contribution in [0.4, 0.5) is 0 Å². The standard InChI is InChI=1S/C76H129NO8/c1-3-5-7-9-11-13-15-17-19-21-23-25-27-29-31-33-34-35-36-38-39-41-43-45-47-49-51-53-55-57-59-61-63-65-70(79)69(68-84-76-75(83)74(82)73(81)71(67-78)85-76)77-72(80)66-64-62-60-58-56-54-52-50-48-46-44-42-40-37-32-30-28-26-24-22-20-18-16-14-12-10-8-6-4-2/h6,8,12,14,18,20,24,26,30,32,40,42,46-49,52,54-55,57,63,65,69-71,73-76,78-79,81-83H,3-5,7,9-11,13,15-17,19,21-23,25,27-29,31,33-39,41,43-45,50-51,53,56,58-62,64,66-68H2,1-2H3,(H,77,80)/b8-6-,14-12-,20-18-,26-24-,32-30-,42-40-,48-46-,49-47+,54-52-,57-55+,65-63+. The van der Waals surface area contributed by atoms with Crippen molar-refractivity contribution in [1.29, 1.82) is 0 Å². The number of amides is 1. The lowest BCUT2D eigenvalue weighted by atomic mass is 9.99. The molecule has 0 aromatic carbocycles. The summed E-state index contributed by atoms with van der Waals surface area (Å²) in [5.74, 6) is -0.219. The number of allylic oxidation sites excluding steroid dienone is 21. The van der Waals surface area contributed by atoms with Crippen molar-refractivity contribution in [2.45, 2.75) is 326 Å². The number of hydrogen-bond acceptors (Lipinski definition) is 8. The minimum absolute atomic E-state index is 0.219. The van der Waals surface area contributed by atoms with Crippen LogP contribution in [0.25, 0.3) is 0 Å². The Balaban J connectivity index is 2.22. The van der Waals surface area contributed by atoms with Gasteiger partial charge in [0.1, 0.15) is 24.4 Å². The highest BCUT2D eigenvalue weighted by Crippen LogP contribution is 2.23. The van der Waals surface area contributed by atoms with E-state index in [-0.39, 0.29) is 12.5 Å². The Labute approximate surface area is 521 Å². The van der Waals surface area contributed by atoms with E-state index in [2.05, 4.69) is 141 Å². The van der Waals surface area contributed by atoms with Gasteiger partial charge >= 0.3 is 0 Å². The van der Waals surface area contributed by atoms with Crippen LogP contribution in [0.1, 0.15) is 284 Å². The predicted molar refractivity (Wildman–Crippen MR) is 363 cm³/mol. The van der Waals surface area contributed by atoms with Crippen LogP contribution in [-0.2, 0) is 14.3 Å². The van der Waals surface area contributed by atoms with Gasteiger partial charge in [0.2, 0.25) is 5.91 Å². The van der Waals surface area contributed by atoms with Crippen molar-refractivity contribution in [3.8, 4) is 0 Å². The average molecular weight is 1180 g/mol. The molecule has 0 aromatic rings. The molecule has 6 N–H and O–H groups in total. The van der Waals surface area contributed by atoms with Crippen molar-refractivity contribution in [1.82, 2.24) is 5.32 Å². The fourth-order valence-corrected chi connectivity index (χ4v) is 10.3. The molecule has 7 unspecified atom stereocenters. The third kappa shape index (κ3) is 52.0. The molecule has 1 heterocycles. The number of nitrogens with one attached hydrogen (secondary N) is 1. The number of carbonyl (C=O) groups excluding carboxylic acids is 1. The molecule has 1 aliphatic heterocycles. The van der Waals surface area contributed by atoms with Crippen molar-refractivity contribution in [2.24, 2.45) is 0 Å². The van der Waals surface area contributed by atoms with Gasteiger partial charge in [-0.05, 0) is 109 Å². The zero-order valence-corrected chi connectivity index (χ0v) is 54.3. The maximum Gasteiger partial charge on any atom is 0.220 e. The highest BCUT2D eigenvalue weighted by molar-refractivity contribution is 5.76. The lowest BCUT2D eigenvalue weighted by Gasteiger charge is -2.40. The van der Waals surface area contributed by atoms with Crippen molar-refractivity contribution in [3.63, 3.8) is 0 Å². The van der Waals surface area contributed by atoms with Gasteiger partial charge in [0, 0.05) is 6.42 Å². The van der Waals surface area contributed by atoms with Crippen LogP contribution in [0.3, 0.4) is 0 Å². The monoisotopic (exact) mass is 1180 g/mol. The molecule has 0 saturated carbocycles. The van der Waals surface area contributed by atoms with Crippen LogP contribution in [0, 0.1) is 0 Å². The lowest BCUT2D eigenvalue weighted by molar-refractivity contribution is -0.302. The molecule has 0 bridgehead atoms. The summed E-state index contributed by atoms with van der Waals surface area (Å²) >= 11 is 0. The molecule has 0 radical (unpaired) electrons. The summed E-state index contributed by atoms with van der Waals surface area (Å²) in [6.45, 7) is 3.64. The first-order chi connectivity index (χ1) is 41.8. The van der Waals surface area contributed by atoms with Crippen LogP contribution in [0.15, 0.2) is 134 Å². The molecule has 486 valence electrons. The fourth-order valence-electron chi connectivity index (χ4n) is 10.3. The molecule has 1 aliphatic rings. The van der Waals surface area contributed by atoms with Crippen molar-refractivity contribution in [2.75, 3.05) is 13.2 Å². The third-order valence-electron chi connectivity index (χ3n) is 15.7. The van der Waals surface area contributed by atoms with Gasteiger partial charge in [-0.3, -0.25) is 4.79 Å². The van der Waals surface area contributed by atoms with E-state index in [1.54, 1.807) is 6.08 Å². The van der Waals surface area contributed by atoms with Crippen LogP contribution in [-0.4, -0.2) is 87.5 Å². The number of ether oxygens (including phenoxy) is 2. The second-order valence-corrected chi connectivity index (χ2v) is 23.6. The van der Waals surface area contributed by atoms with E-state index < -0.39 is 49.5 Å². The Morgan fingerprint density at radius 3 is 1.13 bits per heavy atom. The Morgan fingerprint density at radius 2 is 0.741 bits per heavy atom. The molecule has 0 aliphatic carbocycles. The van der Waals surface area contributed by atoms with Crippen LogP contribution in [0.2, 0.25) is 0 Å². The first-order valence-electron chi connectivity index (χ1n) is 34.9. The Kier molecular flexibility index (Phi) is 59.1. The summed E-state index contributed by atoms with van der Waals surface area (Å²) in [6.07, 6.45) is 89.9. The smallest absolute Gasteiger partial charge is 0.220 e. The van der Waals surface area contributed by atoms with E-state index >= 15 is 0 Å². The summed E-state index contributed by atoms with van der Waals surface area (Å²) in [4.78, 5) is 13.1. The predicted octanol–water partition coefficient (Wildman–Crippen LogP) is 19.2. The zero-order valence-electron chi connectivity index (χ0n) is 54.3. The van der Waals surface area contributed by atoms with Gasteiger partial charge in [0.15, 0.2) is 6.29 Å². The van der Waals surface area contributed by atoms with Gasteiger partial charge < -0.3 is 40.3 Å². The summed E-state index contributed by atoms with van der Waals surface area (Å²) < 4.78 is 11.3. The molecule has 1 rings (SSSR count). The molecule has 1 saturated heterocycles. The van der Waals surface area contributed by atoms with Gasteiger partial charge in [-0.15, -0.1) is 0 Å². The molecule has 85 heavy (non-hydrogen) atoms. The number of aliphatic hydroxyl groups is 5. The minimum Gasteiger partial charge on any atom is -0.394 e. The van der Waals surface area contributed by atoms with Gasteiger partial charge in [0.25, 0.3) is 0 Å². The number of hydrogen-bond donors (Lipinski definition) is 6. The van der Waals surface area contributed by atoms with E-state index in [4.69, 9.17) is 9.47 Å². The Morgan fingerprint density at radius 1 is 0.412 bits per heavy atom. The highest BCUT2D eigenvalue weighted by Gasteiger charge is 2.44. The summed E-state index contributed by atoms with van der Waals surface area (Å²) in [7, 11) is 0. The molecule has 1 fully saturated rings. The van der Waals surface area contributed by atoms with Gasteiger partial charge in [-0.2, -0.15) is 0 Å². The normalized spacial score (nSPS) is 19.0. The largest absolute Gasteiger partial charge is 0.394 e. The molecule has 1 amide bonds. The quantitative estimate of drug-likeness (QED) is 0.0261. The van der Waals surface area contributed by atoms with E-state index in [0.29, 0.717) is 19.3 Å². The van der Waals surface area contributed by atoms with Crippen LogP contribution in [0.5, 0.6) is 0 Å². The van der Waals surface area contributed by atoms with Crippen molar-refractivity contribution >= 4 is 5.91 Å². The topological polar surface area (TPSA) is 149 Å². The Bertz CT molecular complexity index is 1800. The van der Waals surface area contributed by atoms with E-state index in [9.17, 15) is 30.3 Å². The third-order valence-corrected chi connectivity index (χ3v) is 15.7. The first kappa shape index (κ1) is 79.3. The fraction of sp³-hybridized carbons (Fsp3) is 0.697. The highest BCUT2D eigenvalue weighted by atomic mass is 16.7. The SMILES string of the molecule is CC/C=C\C/C=C\C/C=C\C/C=C\C/C=C\C/C=C\C/C=C\C/C=C\CCCCCCC(=O)NC(COC1OC(CO)C(O)C(O)C1O)C(O)/C=C/CC/C=C/CC/C=C/CCCCCCCCCCCCCCCCCCCCCCCCC. The molecule has 9 heteroatoms. The Hall–Kier alpha value is -3.67. The maximum atomic E-state index is 13.1. The average Bonchev–Trinajstić information content (AvgIpc) is 3.56. The van der Waals surface area contributed by atoms with Gasteiger partial charge in [-0.25, -0.2) is 0 Å². The zero-order chi connectivity index (χ0) is 61.4. The molecular weight excluding hydrogens is 1050 g/mol. The summed E-state index contributed by atoms with van der Waals surface area (Å²) in [6, 6.07) is -0.855. The molecule has 9 nitrogen and oxygen atoms in total. The molecule has 0 aromatic heterocycles. The number of aliphatic hydroxyl groups excluding tert-OH is 5. The molecule has 7 atom stereocenters. The maximum absolute atomic E-state index is 13.1. The van der Waals surface area contributed by atoms with Gasteiger partial charge in [-0.1, -0.05) is 302 Å². The van der Waals surface area contributed by atoms with E-state index in [0.717, 1.165) is 103 Å². The second-order valence-electron chi connectivity index (χ2n) is 23.6. The number of unbranched alkanes of at least 4 members (excludes halogenated alkanes) is 29. The van der Waals surface area contributed by atoms with Gasteiger partial charge in [0.05, 0.1) is 25.4 Å². The summed E-state index contributed by atoms with van der Waals surface area (Å²) in [5, 5.41) is 54.7. The first-order valence-corrected chi connectivity index (χ1v) is 34.9. The number of rotatable bonds is 59. The van der Waals surface area contributed by atoms with Crippen molar-refractivity contribution < 1.29 is 39.8 Å². The van der Waals surface area contributed by atoms with Crippen LogP contribution >= 0.6 is 0 Å². The number of carbonyl (C=O) groups is 1. The second kappa shape index (κ2) is 63.4. The van der Waals surface area contributed by atoms with E-state index in [1.165, 1.54) is 148 Å². The lowest BCUT2D eigenvalue weighted by Crippen LogP contribution is -2.60. The minimum atomic E-state index is -1.59.